The summed E-state index contributed by atoms with van der Waals surface area (Å²) >= 11 is 2.96. The van der Waals surface area contributed by atoms with Gasteiger partial charge < -0.3 is 10.2 Å². The maximum Gasteiger partial charge on any atom is 0.147 e. The summed E-state index contributed by atoms with van der Waals surface area (Å²) in [7, 11) is 2.03. The minimum absolute atomic E-state index is 0.154. The number of piperidine rings is 1. The quantitative estimate of drug-likeness (QED) is 0.844. The zero-order valence-corrected chi connectivity index (χ0v) is 11.2. The highest BCUT2D eigenvalue weighted by Crippen LogP contribution is 2.25. The van der Waals surface area contributed by atoms with E-state index in [1.54, 1.807) is 0 Å². The highest BCUT2D eigenvalue weighted by atomic mass is 79.9. The van der Waals surface area contributed by atoms with Crippen molar-refractivity contribution in [3.05, 3.63) is 28.2 Å². The fraction of sp³-hybridized carbons (Fsp3) is 0.500. The van der Waals surface area contributed by atoms with Gasteiger partial charge in [0.1, 0.15) is 11.6 Å². The first-order chi connectivity index (χ1) is 8.06. The summed E-state index contributed by atoms with van der Waals surface area (Å²) in [5.41, 5.74) is 0.242. The summed E-state index contributed by atoms with van der Waals surface area (Å²) < 4.78 is 27.1. The van der Waals surface area contributed by atoms with Crippen molar-refractivity contribution in [2.75, 3.05) is 25.5 Å². The molecule has 1 aliphatic heterocycles. The molecule has 0 aliphatic carbocycles. The second-order valence-electron chi connectivity index (χ2n) is 4.49. The normalized spacial score (nSPS) is 21.5. The zero-order chi connectivity index (χ0) is 12.4. The zero-order valence-electron chi connectivity index (χ0n) is 9.64. The molecule has 1 N–H and O–H groups in total. The molecule has 17 heavy (non-hydrogen) atoms. The van der Waals surface area contributed by atoms with E-state index in [1.807, 2.05) is 7.05 Å². The van der Waals surface area contributed by atoms with E-state index in [-0.39, 0.29) is 16.2 Å². The van der Waals surface area contributed by atoms with E-state index in [4.69, 9.17) is 0 Å². The lowest BCUT2D eigenvalue weighted by molar-refractivity contribution is 0.260. The Morgan fingerprint density at radius 2 is 2.12 bits per heavy atom. The van der Waals surface area contributed by atoms with Gasteiger partial charge in [0.15, 0.2) is 0 Å². The van der Waals surface area contributed by atoms with Crippen LogP contribution in [-0.2, 0) is 0 Å². The van der Waals surface area contributed by atoms with Crippen molar-refractivity contribution in [1.82, 2.24) is 4.90 Å². The molecule has 1 saturated heterocycles. The van der Waals surface area contributed by atoms with Crippen LogP contribution in [0.25, 0.3) is 0 Å². The standard InChI is InChI=1S/C12H15BrF2N2/c1-17-4-2-3-8(7-17)16-12-6-10(14)9(13)5-11(12)15/h5-6,8,16H,2-4,7H2,1H3. The molecule has 1 aromatic carbocycles. The third-order valence-electron chi connectivity index (χ3n) is 2.99. The lowest BCUT2D eigenvalue weighted by Gasteiger charge is -2.31. The van der Waals surface area contributed by atoms with Crippen molar-refractivity contribution in [1.29, 1.82) is 0 Å². The molecule has 1 aromatic rings. The SMILES string of the molecule is CN1CCCC(Nc2cc(F)c(Br)cc2F)C1. The van der Waals surface area contributed by atoms with E-state index in [0.29, 0.717) is 0 Å². The number of rotatable bonds is 2. The van der Waals surface area contributed by atoms with Gasteiger partial charge in [-0.25, -0.2) is 8.78 Å². The van der Waals surface area contributed by atoms with Crippen LogP contribution in [0.1, 0.15) is 12.8 Å². The molecule has 2 nitrogen and oxygen atoms in total. The van der Waals surface area contributed by atoms with E-state index < -0.39 is 11.6 Å². The van der Waals surface area contributed by atoms with E-state index in [1.165, 1.54) is 6.07 Å². The lowest BCUT2D eigenvalue weighted by atomic mass is 10.1. The summed E-state index contributed by atoms with van der Waals surface area (Å²) in [6.45, 7) is 1.92. The summed E-state index contributed by atoms with van der Waals surface area (Å²) in [5, 5.41) is 3.07. The number of hydrogen-bond donors (Lipinski definition) is 1. The van der Waals surface area contributed by atoms with Gasteiger partial charge >= 0.3 is 0 Å². The van der Waals surface area contributed by atoms with E-state index in [9.17, 15) is 8.78 Å². The fourth-order valence-corrected chi connectivity index (χ4v) is 2.45. The van der Waals surface area contributed by atoms with Crippen LogP contribution in [0.15, 0.2) is 16.6 Å². The average molecular weight is 305 g/mol. The average Bonchev–Trinajstić information content (AvgIpc) is 2.26. The Morgan fingerprint density at radius 1 is 1.35 bits per heavy atom. The molecule has 0 aromatic heterocycles. The van der Waals surface area contributed by atoms with E-state index in [2.05, 4.69) is 26.1 Å². The largest absolute Gasteiger partial charge is 0.379 e. The molecular formula is C12H15BrF2N2. The molecule has 1 aliphatic rings. The smallest absolute Gasteiger partial charge is 0.147 e. The van der Waals surface area contributed by atoms with E-state index in [0.717, 1.165) is 32.0 Å². The Balaban J connectivity index is 2.10. The molecule has 0 saturated carbocycles. The topological polar surface area (TPSA) is 15.3 Å². The van der Waals surface area contributed by atoms with Gasteiger partial charge in [0.25, 0.3) is 0 Å². The van der Waals surface area contributed by atoms with Crippen LogP contribution in [0.5, 0.6) is 0 Å². The first-order valence-corrected chi connectivity index (χ1v) is 6.45. The molecule has 1 atom stereocenters. The Bertz CT molecular complexity index is 412. The van der Waals surface area contributed by atoms with Crippen molar-refractivity contribution < 1.29 is 8.78 Å². The molecule has 0 spiro atoms. The second-order valence-corrected chi connectivity index (χ2v) is 5.35. The molecule has 94 valence electrons. The van der Waals surface area contributed by atoms with Gasteiger partial charge in [0.2, 0.25) is 0 Å². The summed E-state index contributed by atoms with van der Waals surface area (Å²) in [4.78, 5) is 2.19. The van der Waals surface area contributed by atoms with Gasteiger partial charge in [0, 0.05) is 18.7 Å². The molecule has 0 radical (unpaired) electrons. The molecule has 1 unspecified atom stereocenters. The summed E-state index contributed by atoms with van der Waals surface area (Å²) in [6, 6.07) is 2.54. The van der Waals surface area contributed by atoms with Crippen molar-refractivity contribution in [3.63, 3.8) is 0 Å². The van der Waals surface area contributed by atoms with Crippen molar-refractivity contribution in [2.24, 2.45) is 0 Å². The highest BCUT2D eigenvalue weighted by Gasteiger charge is 2.18. The van der Waals surface area contributed by atoms with Gasteiger partial charge in [-0.15, -0.1) is 0 Å². The van der Waals surface area contributed by atoms with Crippen molar-refractivity contribution in [3.8, 4) is 0 Å². The van der Waals surface area contributed by atoms with Crippen molar-refractivity contribution >= 4 is 21.6 Å². The fourth-order valence-electron chi connectivity index (χ4n) is 2.14. The minimum Gasteiger partial charge on any atom is -0.379 e. The van der Waals surface area contributed by atoms with Crippen LogP contribution in [-0.4, -0.2) is 31.1 Å². The van der Waals surface area contributed by atoms with Crippen LogP contribution in [0.4, 0.5) is 14.5 Å². The maximum absolute atomic E-state index is 13.6. The third kappa shape index (κ3) is 3.16. The number of anilines is 1. The van der Waals surface area contributed by atoms with E-state index >= 15 is 0 Å². The Kier molecular flexibility index (Phi) is 3.99. The van der Waals surface area contributed by atoms with Gasteiger partial charge in [0.05, 0.1) is 10.2 Å². The predicted molar refractivity (Wildman–Crippen MR) is 68.2 cm³/mol. The van der Waals surface area contributed by atoms with Crippen LogP contribution in [0.2, 0.25) is 0 Å². The van der Waals surface area contributed by atoms with Crippen molar-refractivity contribution in [2.45, 2.75) is 18.9 Å². The number of benzene rings is 1. The minimum atomic E-state index is -0.446. The molecule has 2 rings (SSSR count). The predicted octanol–water partition coefficient (Wildman–Crippen LogP) is 3.23. The number of halogens is 3. The molecule has 5 heteroatoms. The second kappa shape index (κ2) is 5.31. The third-order valence-corrected chi connectivity index (χ3v) is 3.60. The lowest BCUT2D eigenvalue weighted by Crippen LogP contribution is -2.39. The first kappa shape index (κ1) is 12.8. The van der Waals surface area contributed by atoms with Crippen LogP contribution in [0.3, 0.4) is 0 Å². The summed E-state index contributed by atoms with van der Waals surface area (Å²) in [5.74, 6) is -0.871. The molecule has 1 fully saturated rings. The summed E-state index contributed by atoms with van der Waals surface area (Å²) in [6.07, 6.45) is 2.07. The van der Waals surface area contributed by atoms with Gasteiger partial charge in [-0.1, -0.05) is 0 Å². The highest BCUT2D eigenvalue weighted by molar-refractivity contribution is 9.10. The number of nitrogens with one attached hydrogen (secondary N) is 1. The Morgan fingerprint density at radius 3 is 2.82 bits per heavy atom. The van der Waals surface area contributed by atoms with Gasteiger partial charge in [-0.2, -0.15) is 0 Å². The van der Waals surface area contributed by atoms with Gasteiger partial charge in [-0.05, 0) is 48.4 Å². The Hall–Kier alpha value is -0.680. The van der Waals surface area contributed by atoms with Crippen LogP contribution < -0.4 is 5.32 Å². The van der Waals surface area contributed by atoms with Gasteiger partial charge in [-0.3, -0.25) is 0 Å². The number of nitrogens with zero attached hydrogens (tertiary/aromatic N) is 1. The first-order valence-electron chi connectivity index (χ1n) is 5.66. The molecule has 0 bridgehead atoms. The number of likely N-dealkylation sites (N-methyl/N-ethyl adjacent to an activating group) is 1. The van der Waals surface area contributed by atoms with Crippen LogP contribution >= 0.6 is 15.9 Å². The molecule has 0 amide bonds. The molecular weight excluding hydrogens is 290 g/mol. The Labute approximate surface area is 108 Å². The monoisotopic (exact) mass is 304 g/mol. The molecule has 1 heterocycles. The number of likely N-dealkylation sites (tertiary alicyclic amines) is 1. The number of hydrogen-bond acceptors (Lipinski definition) is 2. The van der Waals surface area contributed by atoms with Crippen LogP contribution in [0, 0.1) is 11.6 Å². The maximum atomic E-state index is 13.6.